The van der Waals surface area contributed by atoms with Crippen LogP contribution in [-0.4, -0.2) is 59.5 Å². The Morgan fingerprint density at radius 3 is 2.80 bits per heavy atom. The molecule has 0 aliphatic carbocycles. The smallest absolute Gasteiger partial charge is 0.357 e. The molecule has 110 valence electrons. The predicted octanol–water partition coefficient (Wildman–Crippen LogP) is -1.07. The minimum atomic E-state index is -4.08. The molecule has 0 atom stereocenters. The first-order valence-corrected chi connectivity index (χ1v) is 7.33. The molecule has 2 heterocycles. The molecule has 2 rings (SSSR count). The molecule has 0 radical (unpaired) electrons. The minimum Gasteiger partial charge on any atom is -0.476 e. The third-order valence-electron chi connectivity index (χ3n) is 2.92. The standard InChI is InChI=1S/C10H14N4O5S/c1-6-9(8(10(16)17)13-12-6)20(18,19)14-4-2-3-11-7(15)5-14/h2-5H2,1H3,(H,11,15)(H,12,13)(H,16,17). The number of aromatic carboxylic acids is 1. The van der Waals surface area contributed by atoms with Gasteiger partial charge in [0.25, 0.3) is 0 Å². The fraction of sp³-hybridized carbons (Fsp3) is 0.500. The van der Waals surface area contributed by atoms with Gasteiger partial charge in [-0.3, -0.25) is 9.89 Å². The van der Waals surface area contributed by atoms with Crippen molar-refractivity contribution < 1.29 is 23.1 Å². The van der Waals surface area contributed by atoms with Crippen molar-refractivity contribution in [1.29, 1.82) is 0 Å². The first kappa shape index (κ1) is 14.5. The Morgan fingerprint density at radius 1 is 1.45 bits per heavy atom. The zero-order chi connectivity index (χ0) is 14.9. The normalized spacial score (nSPS) is 17.6. The molecule has 1 fully saturated rings. The van der Waals surface area contributed by atoms with Gasteiger partial charge in [0.05, 0.1) is 12.2 Å². The Bertz CT molecular complexity index is 651. The zero-order valence-corrected chi connectivity index (χ0v) is 11.5. The van der Waals surface area contributed by atoms with Crippen LogP contribution in [0, 0.1) is 6.92 Å². The Hall–Kier alpha value is -1.94. The first-order chi connectivity index (χ1) is 9.34. The molecule has 20 heavy (non-hydrogen) atoms. The Balaban J connectivity index is 2.47. The molecule has 3 N–H and O–H groups in total. The average Bonchev–Trinajstić information content (AvgIpc) is 2.61. The number of aryl methyl sites for hydroxylation is 1. The number of carbonyl (C=O) groups excluding carboxylic acids is 1. The number of rotatable bonds is 3. The van der Waals surface area contributed by atoms with Gasteiger partial charge in [-0.2, -0.15) is 9.40 Å². The molecule has 0 bridgehead atoms. The highest BCUT2D eigenvalue weighted by Gasteiger charge is 2.34. The largest absolute Gasteiger partial charge is 0.476 e. The van der Waals surface area contributed by atoms with Crippen molar-refractivity contribution in [2.75, 3.05) is 19.6 Å². The molecule has 1 aliphatic rings. The van der Waals surface area contributed by atoms with Crippen LogP contribution in [0.4, 0.5) is 0 Å². The van der Waals surface area contributed by atoms with Crippen molar-refractivity contribution in [1.82, 2.24) is 19.8 Å². The average molecular weight is 302 g/mol. The summed E-state index contributed by atoms with van der Waals surface area (Å²) >= 11 is 0. The lowest BCUT2D eigenvalue weighted by Gasteiger charge is -2.18. The van der Waals surface area contributed by atoms with Crippen molar-refractivity contribution in [2.24, 2.45) is 0 Å². The summed E-state index contributed by atoms with van der Waals surface area (Å²) in [6.45, 7) is 1.63. The topological polar surface area (TPSA) is 132 Å². The van der Waals surface area contributed by atoms with E-state index in [1.54, 1.807) is 0 Å². The number of carbonyl (C=O) groups is 2. The van der Waals surface area contributed by atoms with Crippen molar-refractivity contribution in [3.8, 4) is 0 Å². The van der Waals surface area contributed by atoms with Crippen LogP contribution in [0.3, 0.4) is 0 Å². The van der Waals surface area contributed by atoms with E-state index in [2.05, 4.69) is 15.5 Å². The second kappa shape index (κ2) is 5.21. The highest BCUT2D eigenvalue weighted by Crippen LogP contribution is 2.22. The van der Waals surface area contributed by atoms with E-state index < -0.39 is 27.6 Å². The van der Waals surface area contributed by atoms with Crippen LogP contribution >= 0.6 is 0 Å². The molecular weight excluding hydrogens is 288 g/mol. The number of sulfonamides is 1. The fourth-order valence-corrected chi connectivity index (χ4v) is 3.72. The van der Waals surface area contributed by atoms with Gasteiger partial charge in [-0.05, 0) is 13.3 Å². The number of aromatic amines is 1. The number of hydrogen-bond acceptors (Lipinski definition) is 5. The van der Waals surface area contributed by atoms with Crippen LogP contribution in [-0.2, 0) is 14.8 Å². The van der Waals surface area contributed by atoms with Crippen molar-refractivity contribution in [3.05, 3.63) is 11.4 Å². The van der Waals surface area contributed by atoms with Crippen LogP contribution in [0.1, 0.15) is 22.6 Å². The Kier molecular flexibility index (Phi) is 3.77. The molecule has 0 aromatic carbocycles. The van der Waals surface area contributed by atoms with Gasteiger partial charge in [-0.1, -0.05) is 0 Å². The van der Waals surface area contributed by atoms with Crippen LogP contribution in [0.2, 0.25) is 0 Å². The second-order valence-electron chi connectivity index (χ2n) is 4.37. The van der Waals surface area contributed by atoms with Gasteiger partial charge in [0, 0.05) is 13.1 Å². The van der Waals surface area contributed by atoms with Crippen LogP contribution in [0.15, 0.2) is 4.90 Å². The summed E-state index contributed by atoms with van der Waals surface area (Å²) in [6, 6.07) is 0. The van der Waals surface area contributed by atoms with Crippen molar-refractivity contribution >= 4 is 21.9 Å². The van der Waals surface area contributed by atoms with E-state index in [0.717, 1.165) is 4.31 Å². The van der Waals surface area contributed by atoms with E-state index in [1.807, 2.05) is 0 Å². The Labute approximate surface area is 115 Å². The quantitative estimate of drug-likeness (QED) is 0.651. The van der Waals surface area contributed by atoms with Crippen molar-refractivity contribution in [2.45, 2.75) is 18.2 Å². The van der Waals surface area contributed by atoms with Gasteiger partial charge in [0.1, 0.15) is 4.90 Å². The number of nitrogens with zero attached hydrogens (tertiary/aromatic N) is 2. The molecule has 1 aromatic heterocycles. The molecule has 1 amide bonds. The number of carboxylic acids is 1. The van der Waals surface area contributed by atoms with Crippen LogP contribution in [0.25, 0.3) is 0 Å². The molecule has 1 saturated heterocycles. The summed E-state index contributed by atoms with van der Waals surface area (Å²) < 4.78 is 26.0. The van der Waals surface area contributed by atoms with E-state index in [1.165, 1.54) is 6.92 Å². The van der Waals surface area contributed by atoms with Gasteiger partial charge in [0.15, 0.2) is 5.69 Å². The maximum atomic E-state index is 12.5. The molecule has 1 aromatic rings. The molecule has 1 aliphatic heterocycles. The summed E-state index contributed by atoms with van der Waals surface area (Å²) in [5, 5.41) is 17.4. The molecule has 0 spiro atoms. The van der Waals surface area contributed by atoms with E-state index in [9.17, 15) is 18.0 Å². The summed E-state index contributed by atoms with van der Waals surface area (Å²) in [7, 11) is -4.08. The minimum absolute atomic E-state index is 0.132. The number of H-pyrrole nitrogens is 1. The van der Waals surface area contributed by atoms with E-state index in [0.29, 0.717) is 13.0 Å². The van der Waals surface area contributed by atoms with Crippen LogP contribution < -0.4 is 5.32 Å². The lowest BCUT2D eigenvalue weighted by molar-refractivity contribution is -0.120. The Morgan fingerprint density at radius 2 is 2.15 bits per heavy atom. The van der Waals surface area contributed by atoms with E-state index in [-0.39, 0.29) is 23.7 Å². The van der Waals surface area contributed by atoms with E-state index in [4.69, 9.17) is 5.11 Å². The third-order valence-corrected chi connectivity index (χ3v) is 4.92. The van der Waals surface area contributed by atoms with Crippen molar-refractivity contribution in [3.63, 3.8) is 0 Å². The number of hydrogen-bond donors (Lipinski definition) is 3. The number of aromatic nitrogens is 2. The fourth-order valence-electron chi connectivity index (χ4n) is 1.99. The lowest BCUT2D eigenvalue weighted by atomic mass is 10.4. The van der Waals surface area contributed by atoms with Gasteiger partial charge in [-0.15, -0.1) is 0 Å². The van der Waals surface area contributed by atoms with Gasteiger partial charge >= 0.3 is 5.97 Å². The summed E-state index contributed by atoms with van der Waals surface area (Å²) in [6.07, 6.45) is 0.463. The number of carboxylic acid groups (broad SMARTS) is 1. The van der Waals surface area contributed by atoms with Crippen LogP contribution in [0.5, 0.6) is 0 Å². The second-order valence-corrected chi connectivity index (χ2v) is 6.25. The van der Waals surface area contributed by atoms with Gasteiger partial charge in [0.2, 0.25) is 15.9 Å². The zero-order valence-electron chi connectivity index (χ0n) is 10.7. The summed E-state index contributed by atoms with van der Waals surface area (Å²) in [4.78, 5) is 22.1. The first-order valence-electron chi connectivity index (χ1n) is 5.89. The third kappa shape index (κ3) is 2.51. The maximum absolute atomic E-state index is 12.5. The SMILES string of the molecule is Cc1[nH]nc(C(=O)O)c1S(=O)(=O)N1CCCNC(=O)C1. The molecule has 0 saturated carbocycles. The number of amides is 1. The molecule has 10 heteroatoms. The summed E-state index contributed by atoms with van der Waals surface area (Å²) in [5.41, 5.74) is -0.431. The van der Waals surface area contributed by atoms with Gasteiger partial charge in [-0.25, -0.2) is 13.2 Å². The molecule has 0 unspecified atom stereocenters. The lowest BCUT2D eigenvalue weighted by Crippen LogP contribution is -2.38. The monoisotopic (exact) mass is 302 g/mol. The molecule has 9 nitrogen and oxygen atoms in total. The van der Waals surface area contributed by atoms with Gasteiger partial charge < -0.3 is 10.4 Å². The van der Waals surface area contributed by atoms with E-state index >= 15 is 0 Å². The number of nitrogens with one attached hydrogen (secondary N) is 2. The highest BCUT2D eigenvalue weighted by molar-refractivity contribution is 7.89. The maximum Gasteiger partial charge on any atom is 0.357 e. The summed E-state index contributed by atoms with van der Waals surface area (Å²) in [5.74, 6) is -1.85. The molecular formula is C10H14N4O5S. The highest BCUT2D eigenvalue weighted by atomic mass is 32.2. The predicted molar refractivity (Wildman–Crippen MR) is 66.7 cm³/mol.